The van der Waals surface area contributed by atoms with E-state index >= 15 is 0 Å². The Morgan fingerprint density at radius 3 is 2.79 bits per heavy atom. The van der Waals surface area contributed by atoms with Gasteiger partial charge in [0.2, 0.25) is 5.91 Å². The van der Waals surface area contributed by atoms with Gasteiger partial charge in [-0.3, -0.25) is 4.79 Å². The van der Waals surface area contributed by atoms with E-state index in [9.17, 15) is 4.79 Å². The molecule has 1 aromatic heterocycles. The third kappa shape index (κ3) is 3.95. The lowest BCUT2D eigenvalue weighted by Crippen LogP contribution is -2.46. The van der Waals surface area contributed by atoms with Crippen molar-refractivity contribution in [1.29, 1.82) is 0 Å². The van der Waals surface area contributed by atoms with Crippen LogP contribution < -0.4 is 11.1 Å². The molecule has 1 amide bonds. The van der Waals surface area contributed by atoms with Gasteiger partial charge < -0.3 is 15.8 Å². The molecule has 24 heavy (non-hydrogen) atoms. The minimum atomic E-state index is -0.522. The second-order valence-corrected chi connectivity index (χ2v) is 6.95. The van der Waals surface area contributed by atoms with Gasteiger partial charge in [-0.2, -0.15) is 0 Å². The van der Waals surface area contributed by atoms with Crippen LogP contribution in [0, 0.1) is 12.3 Å². The van der Waals surface area contributed by atoms with E-state index in [4.69, 9.17) is 10.5 Å². The fourth-order valence-electron chi connectivity index (χ4n) is 2.80. The Kier molecular flexibility index (Phi) is 6.34. The molecule has 0 saturated carbocycles. The highest BCUT2D eigenvalue weighted by atomic mass is 35.5. The Morgan fingerprint density at radius 2 is 2.17 bits per heavy atom. The van der Waals surface area contributed by atoms with E-state index in [-0.39, 0.29) is 18.3 Å². The molecule has 1 fully saturated rings. The lowest BCUT2D eigenvalue weighted by Gasteiger charge is -2.34. The quantitative estimate of drug-likeness (QED) is 0.869. The highest BCUT2D eigenvalue weighted by Crippen LogP contribution is 2.31. The van der Waals surface area contributed by atoms with Crippen molar-refractivity contribution in [3.63, 3.8) is 0 Å². The van der Waals surface area contributed by atoms with Crippen molar-refractivity contribution >= 4 is 35.3 Å². The number of carbonyl (C=O) groups is 1. The molecule has 0 bridgehead atoms. The van der Waals surface area contributed by atoms with Gasteiger partial charge in [-0.15, -0.1) is 23.7 Å². The van der Waals surface area contributed by atoms with Crippen LogP contribution >= 0.6 is 23.7 Å². The predicted molar refractivity (Wildman–Crippen MR) is 99.7 cm³/mol. The number of nitrogens with one attached hydrogen (secondary N) is 1. The molecule has 1 aliphatic heterocycles. The number of thiazole rings is 1. The molecule has 1 aliphatic rings. The number of rotatable bonds is 4. The number of aryl methyl sites for hydroxylation is 1. The summed E-state index contributed by atoms with van der Waals surface area (Å²) in [5, 5.41) is 6.07. The molecule has 3 rings (SSSR count). The number of carbonyl (C=O) groups excluding carboxylic acids is 1. The molecular weight excluding hydrogens is 346 g/mol. The lowest BCUT2D eigenvalue weighted by molar-refractivity contribution is -0.130. The van der Waals surface area contributed by atoms with Crippen molar-refractivity contribution in [3.05, 3.63) is 34.7 Å². The van der Waals surface area contributed by atoms with Crippen LogP contribution in [0.4, 0.5) is 5.69 Å². The SMILES string of the molecule is Cc1nc(-c2cccc(NC(=O)C3(CN)CCOCC3)c2)cs1.Cl. The van der Waals surface area contributed by atoms with E-state index in [1.165, 1.54) is 0 Å². The van der Waals surface area contributed by atoms with Gasteiger partial charge in [0, 0.05) is 36.4 Å². The molecule has 0 aliphatic carbocycles. The van der Waals surface area contributed by atoms with E-state index in [1.54, 1.807) is 11.3 Å². The van der Waals surface area contributed by atoms with E-state index < -0.39 is 5.41 Å². The smallest absolute Gasteiger partial charge is 0.232 e. The van der Waals surface area contributed by atoms with Crippen LogP contribution in [0.5, 0.6) is 0 Å². The Hall–Kier alpha value is -1.47. The Bertz CT molecular complexity index is 699. The predicted octanol–water partition coefficient (Wildman–Crippen LogP) is 3.23. The van der Waals surface area contributed by atoms with Crippen molar-refractivity contribution < 1.29 is 9.53 Å². The average Bonchev–Trinajstić information content (AvgIpc) is 3.02. The summed E-state index contributed by atoms with van der Waals surface area (Å²) in [7, 11) is 0. The van der Waals surface area contributed by atoms with Gasteiger partial charge in [0.15, 0.2) is 0 Å². The number of aromatic nitrogens is 1. The fraction of sp³-hybridized carbons (Fsp3) is 0.412. The molecule has 2 heterocycles. The first kappa shape index (κ1) is 18.9. The van der Waals surface area contributed by atoms with Crippen molar-refractivity contribution in [2.45, 2.75) is 19.8 Å². The van der Waals surface area contributed by atoms with Crippen LogP contribution in [0.3, 0.4) is 0 Å². The van der Waals surface area contributed by atoms with Crippen molar-refractivity contribution in [2.75, 3.05) is 25.1 Å². The third-order valence-corrected chi connectivity index (χ3v) is 5.13. The zero-order valence-corrected chi connectivity index (χ0v) is 15.2. The van der Waals surface area contributed by atoms with Gasteiger partial charge in [0.25, 0.3) is 0 Å². The number of halogens is 1. The summed E-state index contributed by atoms with van der Waals surface area (Å²) in [4.78, 5) is 17.2. The maximum Gasteiger partial charge on any atom is 0.232 e. The first-order valence-corrected chi connectivity index (χ1v) is 8.63. The van der Waals surface area contributed by atoms with E-state index in [0.717, 1.165) is 22.0 Å². The molecule has 7 heteroatoms. The van der Waals surface area contributed by atoms with Gasteiger partial charge in [-0.05, 0) is 31.9 Å². The minimum absolute atomic E-state index is 0. The summed E-state index contributed by atoms with van der Waals surface area (Å²) in [6.07, 6.45) is 1.33. The van der Waals surface area contributed by atoms with Crippen molar-refractivity contribution in [1.82, 2.24) is 4.98 Å². The molecule has 5 nitrogen and oxygen atoms in total. The van der Waals surface area contributed by atoms with Gasteiger partial charge in [0.1, 0.15) is 0 Å². The minimum Gasteiger partial charge on any atom is -0.381 e. The first-order chi connectivity index (χ1) is 11.1. The topological polar surface area (TPSA) is 77.2 Å². The summed E-state index contributed by atoms with van der Waals surface area (Å²) < 4.78 is 5.36. The number of nitrogens with two attached hydrogens (primary N) is 1. The van der Waals surface area contributed by atoms with Crippen molar-refractivity contribution in [3.8, 4) is 11.3 Å². The van der Waals surface area contributed by atoms with Crippen LogP contribution in [0.1, 0.15) is 17.8 Å². The fourth-order valence-corrected chi connectivity index (χ4v) is 3.42. The summed E-state index contributed by atoms with van der Waals surface area (Å²) >= 11 is 1.62. The highest BCUT2D eigenvalue weighted by Gasteiger charge is 2.38. The molecule has 0 atom stereocenters. The number of ether oxygens (including phenoxy) is 1. The summed E-state index contributed by atoms with van der Waals surface area (Å²) in [5.74, 6) is -0.0186. The van der Waals surface area contributed by atoms with Crippen LogP contribution in [0.15, 0.2) is 29.6 Å². The standard InChI is InChI=1S/C17H21N3O2S.ClH/c1-12-19-15(10-23-12)13-3-2-4-14(9-13)20-16(21)17(11-18)5-7-22-8-6-17;/h2-4,9-10H,5-8,11,18H2,1H3,(H,20,21);1H. The number of hydrogen-bond acceptors (Lipinski definition) is 5. The van der Waals surface area contributed by atoms with Crippen LogP contribution in [0.2, 0.25) is 0 Å². The summed E-state index contributed by atoms with van der Waals surface area (Å²) in [5.41, 5.74) is 8.08. The van der Waals surface area contributed by atoms with Gasteiger partial charge in [-0.1, -0.05) is 12.1 Å². The van der Waals surface area contributed by atoms with Crippen LogP contribution in [0.25, 0.3) is 11.3 Å². The largest absolute Gasteiger partial charge is 0.381 e. The monoisotopic (exact) mass is 367 g/mol. The highest BCUT2D eigenvalue weighted by molar-refractivity contribution is 7.09. The molecule has 3 N–H and O–H groups in total. The average molecular weight is 368 g/mol. The number of benzene rings is 1. The second kappa shape index (κ2) is 8.07. The number of anilines is 1. The number of amides is 1. The first-order valence-electron chi connectivity index (χ1n) is 7.75. The van der Waals surface area contributed by atoms with E-state index in [1.807, 2.05) is 36.6 Å². The van der Waals surface area contributed by atoms with E-state index in [2.05, 4.69) is 10.3 Å². The van der Waals surface area contributed by atoms with Crippen LogP contribution in [-0.4, -0.2) is 30.6 Å². The molecule has 1 aromatic carbocycles. The van der Waals surface area contributed by atoms with Crippen molar-refractivity contribution in [2.24, 2.45) is 11.1 Å². The van der Waals surface area contributed by atoms with Gasteiger partial charge in [-0.25, -0.2) is 4.98 Å². The zero-order chi connectivity index (χ0) is 16.3. The third-order valence-electron chi connectivity index (χ3n) is 4.36. The maximum atomic E-state index is 12.7. The maximum absolute atomic E-state index is 12.7. The molecule has 0 spiro atoms. The summed E-state index contributed by atoms with van der Waals surface area (Å²) in [6, 6.07) is 7.77. The Labute approximate surface area is 152 Å². The molecule has 1 saturated heterocycles. The van der Waals surface area contributed by atoms with Gasteiger partial charge in [0.05, 0.1) is 16.1 Å². The lowest BCUT2D eigenvalue weighted by atomic mass is 9.79. The normalized spacial score (nSPS) is 16.2. The van der Waals surface area contributed by atoms with Crippen LogP contribution in [-0.2, 0) is 9.53 Å². The zero-order valence-electron chi connectivity index (χ0n) is 13.6. The van der Waals surface area contributed by atoms with E-state index in [0.29, 0.717) is 32.6 Å². The Morgan fingerprint density at radius 1 is 1.42 bits per heavy atom. The Balaban J connectivity index is 0.00000208. The number of hydrogen-bond donors (Lipinski definition) is 2. The second-order valence-electron chi connectivity index (χ2n) is 5.88. The molecule has 130 valence electrons. The molecule has 0 unspecified atom stereocenters. The molecule has 2 aromatic rings. The number of nitrogens with zero attached hydrogens (tertiary/aromatic N) is 1. The molecular formula is C17H22ClN3O2S. The molecule has 0 radical (unpaired) electrons. The van der Waals surface area contributed by atoms with Gasteiger partial charge >= 0.3 is 0 Å². The summed E-state index contributed by atoms with van der Waals surface area (Å²) in [6.45, 7) is 3.49.